The highest BCUT2D eigenvalue weighted by atomic mass is 16.5. The van der Waals surface area contributed by atoms with Gasteiger partial charge in [-0.2, -0.15) is 0 Å². The van der Waals surface area contributed by atoms with Gasteiger partial charge in [-0.25, -0.2) is 0 Å². The molecule has 1 unspecified atom stereocenters. The molecule has 5 heteroatoms. The molecule has 0 aromatic heterocycles. The van der Waals surface area contributed by atoms with E-state index < -0.39 is 6.10 Å². The number of nitrogens with one attached hydrogen (secondary N) is 1. The highest BCUT2D eigenvalue weighted by Crippen LogP contribution is 2.30. The molecular weight excluding hydrogens is 258 g/mol. The van der Waals surface area contributed by atoms with Crippen molar-refractivity contribution >= 4 is 5.91 Å². The molecule has 0 fully saturated rings. The van der Waals surface area contributed by atoms with Gasteiger partial charge in [-0.1, -0.05) is 19.4 Å². The van der Waals surface area contributed by atoms with Crippen LogP contribution in [-0.2, 0) is 4.79 Å². The zero-order valence-corrected chi connectivity index (χ0v) is 12.3. The lowest BCUT2D eigenvalue weighted by molar-refractivity contribution is -0.123. The SMILES string of the molecule is CCCCNC(=O)COc1ccc(C(C)O)cc1OC. The van der Waals surface area contributed by atoms with Crippen molar-refractivity contribution in [1.82, 2.24) is 5.32 Å². The first-order valence-corrected chi connectivity index (χ1v) is 6.84. The van der Waals surface area contributed by atoms with E-state index in [1.807, 2.05) is 0 Å². The van der Waals surface area contributed by atoms with Gasteiger partial charge in [0.15, 0.2) is 18.1 Å². The Morgan fingerprint density at radius 2 is 2.15 bits per heavy atom. The Labute approximate surface area is 119 Å². The lowest BCUT2D eigenvalue weighted by atomic mass is 10.1. The molecule has 0 saturated heterocycles. The number of amides is 1. The molecule has 2 N–H and O–H groups in total. The van der Waals surface area contributed by atoms with Gasteiger partial charge in [0, 0.05) is 6.54 Å². The van der Waals surface area contributed by atoms with Crippen LogP contribution in [0.3, 0.4) is 0 Å². The average molecular weight is 281 g/mol. The first-order valence-electron chi connectivity index (χ1n) is 6.84. The first-order chi connectivity index (χ1) is 9.58. The summed E-state index contributed by atoms with van der Waals surface area (Å²) >= 11 is 0. The zero-order valence-electron chi connectivity index (χ0n) is 12.3. The number of carbonyl (C=O) groups is 1. The normalized spacial score (nSPS) is 11.8. The first kappa shape index (κ1) is 16.3. The molecule has 0 heterocycles. The van der Waals surface area contributed by atoms with Crippen molar-refractivity contribution < 1.29 is 19.4 Å². The van der Waals surface area contributed by atoms with E-state index in [1.54, 1.807) is 25.1 Å². The Morgan fingerprint density at radius 3 is 2.75 bits per heavy atom. The lowest BCUT2D eigenvalue weighted by Gasteiger charge is -2.13. The van der Waals surface area contributed by atoms with Gasteiger partial charge in [-0.15, -0.1) is 0 Å². The van der Waals surface area contributed by atoms with Gasteiger partial charge in [0.05, 0.1) is 13.2 Å². The van der Waals surface area contributed by atoms with Gasteiger partial charge in [0.2, 0.25) is 0 Å². The van der Waals surface area contributed by atoms with Crippen molar-refractivity contribution in [3.05, 3.63) is 23.8 Å². The summed E-state index contributed by atoms with van der Waals surface area (Å²) in [5.41, 5.74) is 0.738. The summed E-state index contributed by atoms with van der Waals surface area (Å²) in [4.78, 5) is 11.5. The predicted molar refractivity (Wildman–Crippen MR) is 77.0 cm³/mol. The second kappa shape index (κ2) is 8.43. The van der Waals surface area contributed by atoms with Gasteiger partial charge in [0.25, 0.3) is 5.91 Å². The summed E-state index contributed by atoms with van der Waals surface area (Å²) in [5, 5.41) is 12.3. The minimum absolute atomic E-state index is 0.0475. The fraction of sp³-hybridized carbons (Fsp3) is 0.533. The lowest BCUT2D eigenvalue weighted by Crippen LogP contribution is -2.29. The molecule has 0 spiro atoms. The summed E-state index contributed by atoms with van der Waals surface area (Å²) in [6.07, 6.45) is 1.42. The van der Waals surface area contributed by atoms with E-state index in [2.05, 4.69) is 12.2 Å². The zero-order chi connectivity index (χ0) is 15.0. The van der Waals surface area contributed by atoms with E-state index in [-0.39, 0.29) is 12.5 Å². The van der Waals surface area contributed by atoms with Crippen molar-refractivity contribution in [2.75, 3.05) is 20.3 Å². The Kier molecular flexibility index (Phi) is 6.87. The number of carbonyl (C=O) groups excluding carboxylic acids is 1. The van der Waals surface area contributed by atoms with Crippen molar-refractivity contribution in [3.63, 3.8) is 0 Å². The van der Waals surface area contributed by atoms with Crippen LogP contribution in [0.15, 0.2) is 18.2 Å². The molecule has 20 heavy (non-hydrogen) atoms. The topological polar surface area (TPSA) is 67.8 Å². The summed E-state index contributed by atoms with van der Waals surface area (Å²) in [6, 6.07) is 5.15. The summed E-state index contributed by atoms with van der Waals surface area (Å²) in [5.74, 6) is 0.840. The molecule has 0 aliphatic rings. The molecule has 0 saturated carbocycles. The van der Waals surface area contributed by atoms with E-state index in [0.717, 1.165) is 18.4 Å². The molecule has 0 aliphatic heterocycles. The molecule has 1 aromatic carbocycles. The molecule has 1 aromatic rings. The van der Waals surface area contributed by atoms with Crippen LogP contribution in [0.2, 0.25) is 0 Å². The second-order valence-corrected chi connectivity index (χ2v) is 4.58. The molecule has 5 nitrogen and oxygen atoms in total. The minimum atomic E-state index is -0.574. The van der Waals surface area contributed by atoms with Crippen LogP contribution in [0, 0.1) is 0 Å². The molecule has 1 rings (SSSR count). The third-order valence-electron chi connectivity index (χ3n) is 2.88. The van der Waals surface area contributed by atoms with Crippen LogP contribution in [-0.4, -0.2) is 31.3 Å². The number of aliphatic hydroxyl groups excluding tert-OH is 1. The molecular formula is C15H23NO4. The number of rotatable bonds is 8. The number of ether oxygens (including phenoxy) is 2. The van der Waals surface area contributed by atoms with Crippen molar-refractivity contribution in [2.24, 2.45) is 0 Å². The van der Waals surface area contributed by atoms with Crippen LogP contribution in [0.1, 0.15) is 38.4 Å². The molecule has 1 atom stereocenters. The Bertz CT molecular complexity index is 432. The number of methoxy groups -OCH3 is 1. The van der Waals surface area contributed by atoms with Crippen LogP contribution in [0.25, 0.3) is 0 Å². The fourth-order valence-corrected chi connectivity index (χ4v) is 1.66. The Hall–Kier alpha value is -1.75. The number of benzene rings is 1. The smallest absolute Gasteiger partial charge is 0.257 e. The van der Waals surface area contributed by atoms with Gasteiger partial charge in [-0.05, 0) is 31.0 Å². The summed E-state index contributed by atoms with van der Waals surface area (Å²) < 4.78 is 10.6. The second-order valence-electron chi connectivity index (χ2n) is 4.58. The van der Waals surface area contributed by atoms with Crippen molar-refractivity contribution in [2.45, 2.75) is 32.8 Å². The highest BCUT2D eigenvalue weighted by molar-refractivity contribution is 5.77. The minimum Gasteiger partial charge on any atom is -0.493 e. The van der Waals surface area contributed by atoms with Gasteiger partial charge < -0.3 is 19.9 Å². The maximum Gasteiger partial charge on any atom is 0.257 e. The van der Waals surface area contributed by atoms with Crippen LogP contribution < -0.4 is 14.8 Å². The van der Waals surface area contributed by atoms with Gasteiger partial charge >= 0.3 is 0 Å². The third-order valence-corrected chi connectivity index (χ3v) is 2.88. The number of aliphatic hydroxyl groups is 1. The quantitative estimate of drug-likeness (QED) is 0.716. The summed E-state index contributed by atoms with van der Waals surface area (Å²) in [7, 11) is 1.52. The number of unbranched alkanes of at least 4 members (excludes halogenated alkanes) is 1. The summed E-state index contributed by atoms with van der Waals surface area (Å²) in [6.45, 7) is 4.36. The van der Waals surface area contributed by atoms with Gasteiger partial charge in [0.1, 0.15) is 0 Å². The number of hydrogen-bond acceptors (Lipinski definition) is 4. The number of hydrogen-bond donors (Lipinski definition) is 2. The molecule has 0 bridgehead atoms. The van der Waals surface area contributed by atoms with E-state index >= 15 is 0 Å². The van der Waals surface area contributed by atoms with Crippen molar-refractivity contribution in [3.8, 4) is 11.5 Å². The molecule has 1 amide bonds. The largest absolute Gasteiger partial charge is 0.493 e. The van der Waals surface area contributed by atoms with E-state index in [4.69, 9.17) is 9.47 Å². The van der Waals surface area contributed by atoms with E-state index in [9.17, 15) is 9.90 Å². The average Bonchev–Trinajstić information content (AvgIpc) is 2.45. The Morgan fingerprint density at radius 1 is 1.40 bits per heavy atom. The molecule has 0 radical (unpaired) electrons. The predicted octanol–water partition coefficient (Wildman–Crippen LogP) is 2.04. The third kappa shape index (κ3) is 5.09. The maximum absolute atomic E-state index is 11.5. The molecule has 112 valence electrons. The van der Waals surface area contributed by atoms with Crippen LogP contribution in [0.4, 0.5) is 0 Å². The fourth-order valence-electron chi connectivity index (χ4n) is 1.66. The monoisotopic (exact) mass is 281 g/mol. The van der Waals surface area contributed by atoms with Crippen molar-refractivity contribution in [1.29, 1.82) is 0 Å². The van der Waals surface area contributed by atoms with Crippen LogP contribution >= 0.6 is 0 Å². The Balaban J connectivity index is 2.57. The highest BCUT2D eigenvalue weighted by Gasteiger charge is 2.10. The molecule has 0 aliphatic carbocycles. The van der Waals surface area contributed by atoms with E-state index in [1.165, 1.54) is 7.11 Å². The standard InChI is InChI=1S/C15H23NO4/c1-4-5-8-16-15(18)10-20-13-7-6-12(11(2)17)9-14(13)19-3/h6-7,9,11,17H,4-5,8,10H2,1-3H3,(H,16,18). The van der Waals surface area contributed by atoms with Gasteiger partial charge in [-0.3, -0.25) is 4.79 Å². The van der Waals surface area contributed by atoms with E-state index in [0.29, 0.717) is 18.0 Å². The maximum atomic E-state index is 11.5. The van der Waals surface area contributed by atoms with Crippen LogP contribution in [0.5, 0.6) is 11.5 Å².